The number of anilines is 1. The smallest absolute Gasteiger partial charge is 0.241 e. The second kappa shape index (κ2) is 6.33. The number of rotatable bonds is 2. The maximum absolute atomic E-state index is 12.1. The summed E-state index contributed by atoms with van der Waals surface area (Å²) < 4.78 is 0. The highest BCUT2D eigenvalue weighted by Crippen LogP contribution is 2.31. The van der Waals surface area contributed by atoms with E-state index in [2.05, 4.69) is 4.98 Å². The Hall–Kier alpha value is -2.66. The third kappa shape index (κ3) is 2.91. The molecule has 3 aromatic rings. The summed E-state index contributed by atoms with van der Waals surface area (Å²) >= 11 is 6.34. The highest BCUT2D eigenvalue weighted by Gasteiger charge is 2.24. The Balaban J connectivity index is 1.88. The molecular formula is C19H17ClN4O. The van der Waals surface area contributed by atoms with E-state index >= 15 is 0 Å². The summed E-state index contributed by atoms with van der Waals surface area (Å²) in [5.74, 6) is 1.45. The molecule has 5 nitrogen and oxygen atoms in total. The molecule has 0 unspecified atom stereocenters. The van der Waals surface area contributed by atoms with Gasteiger partial charge < -0.3 is 9.80 Å². The quantitative estimate of drug-likeness (QED) is 0.710. The van der Waals surface area contributed by atoms with Gasteiger partial charge in [0, 0.05) is 31.1 Å². The van der Waals surface area contributed by atoms with Crippen LogP contribution in [0, 0.1) is 0 Å². The Kier molecular flexibility index (Phi) is 4.01. The lowest BCUT2D eigenvalue weighted by Crippen LogP contribution is -2.49. The van der Waals surface area contributed by atoms with Crippen LogP contribution in [0.4, 0.5) is 5.82 Å². The molecule has 0 aliphatic carbocycles. The average molecular weight is 353 g/mol. The molecule has 0 atom stereocenters. The van der Waals surface area contributed by atoms with E-state index in [0.29, 0.717) is 23.9 Å². The molecule has 0 saturated carbocycles. The zero-order valence-electron chi connectivity index (χ0n) is 13.8. The molecule has 2 aromatic carbocycles. The Labute approximate surface area is 150 Å². The van der Waals surface area contributed by atoms with Crippen LogP contribution in [-0.4, -0.2) is 47.5 Å². The van der Waals surface area contributed by atoms with Gasteiger partial charge in [-0.15, -0.1) is 0 Å². The van der Waals surface area contributed by atoms with E-state index in [1.165, 1.54) is 0 Å². The molecule has 1 aliphatic rings. The van der Waals surface area contributed by atoms with Crippen molar-refractivity contribution in [2.24, 2.45) is 0 Å². The van der Waals surface area contributed by atoms with Gasteiger partial charge in [0.15, 0.2) is 5.82 Å². The van der Waals surface area contributed by atoms with Gasteiger partial charge in [-0.05, 0) is 24.3 Å². The van der Waals surface area contributed by atoms with Crippen LogP contribution < -0.4 is 4.90 Å². The summed E-state index contributed by atoms with van der Waals surface area (Å²) in [6, 6.07) is 15.4. The molecule has 0 N–H and O–H groups in total. The minimum atomic E-state index is 0.0910. The number of likely N-dealkylation sites (N-methyl/N-ethyl adjacent to an activating group) is 1. The van der Waals surface area contributed by atoms with Crippen molar-refractivity contribution in [3.8, 4) is 11.4 Å². The van der Waals surface area contributed by atoms with E-state index in [0.717, 1.165) is 28.8 Å². The summed E-state index contributed by atoms with van der Waals surface area (Å²) in [4.78, 5) is 25.4. The minimum Gasteiger partial charge on any atom is -0.345 e. The Bertz CT molecular complexity index is 959. The molecule has 1 fully saturated rings. The molecule has 1 aliphatic heterocycles. The first kappa shape index (κ1) is 15.8. The van der Waals surface area contributed by atoms with Crippen molar-refractivity contribution in [3.63, 3.8) is 0 Å². The first-order valence-electron chi connectivity index (χ1n) is 8.14. The number of nitrogens with zero attached hydrogens (tertiary/aromatic N) is 4. The molecule has 6 heteroatoms. The van der Waals surface area contributed by atoms with E-state index < -0.39 is 0 Å². The molecule has 4 rings (SSSR count). The second-order valence-corrected chi connectivity index (χ2v) is 6.51. The van der Waals surface area contributed by atoms with Crippen molar-refractivity contribution in [3.05, 3.63) is 53.6 Å². The van der Waals surface area contributed by atoms with E-state index in [1.807, 2.05) is 60.5 Å². The van der Waals surface area contributed by atoms with Crippen molar-refractivity contribution in [1.82, 2.24) is 14.9 Å². The number of carbonyl (C=O) groups is 1. The van der Waals surface area contributed by atoms with Gasteiger partial charge in [-0.25, -0.2) is 9.97 Å². The predicted molar refractivity (Wildman–Crippen MR) is 99.8 cm³/mol. The third-order valence-corrected chi connectivity index (χ3v) is 4.78. The van der Waals surface area contributed by atoms with Gasteiger partial charge in [0.05, 0.1) is 17.1 Å². The lowest BCUT2D eigenvalue weighted by atomic mass is 10.1. The molecule has 126 valence electrons. The van der Waals surface area contributed by atoms with E-state index in [4.69, 9.17) is 16.6 Å². The number of piperazine rings is 1. The summed E-state index contributed by atoms with van der Waals surface area (Å²) in [7, 11) is 1.83. The predicted octanol–water partition coefficient (Wildman–Crippen LogP) is 3.23. The van der Waals surface area contributed by atoms with Crippen LogP contribution >= 0.6 is 11.6 Å². The summed E-state index contributed by atoms with van der Waals surface area (Å²) in [5.41, 5.74) is 1.63. The number of fused-ring (bicyclic) bond motifs is 1. The molecule has 25 heavy (non-hydrogen) atoms. The number of amides is 1. The molecule has 0 bridgehead atoms. The van der Waals surface area contributed by atoms with Gasteiger partial charge in [-0.2, -0.15) is 0 Å². The lowest BCUT2D eigenvalue weighted by Gasteiger charge is -2.33. The molecule has 1 aromatic heterocycles. The van der Waals surface area contributed by atoms with Crippen LogP contribution in [0.3, 0.4) is 0 Å². The summed E-state index contributed by atoms with van der Waals surface area (Å²) in [6.45, 7) is 1.74. The molecule has 1 saturated heterocycles. The molecule has 0 radical (unpaired) electrons. The van der Waals surface area contributed by atoms with Gasteiger partial charge in [0.1, 0.15) is 5.82 Å². The second-order valence-electron chi connectivity index (χ2n) is 6.10. The fraction of sp³-hybridized carbons (Fsp3) is 0.211. The molecule has 2 heterocycles. The Morgan fingerprint density at radius 3 is 2.56 bits per heavy atom. The Morgan fingerprint density at radius 2 is 1.76 bits per heavy atom. The van der Waals surface area contributed by atoms with Crippen molar-refractivity contribution < 1.29 is 4.79 Å². The van der Waals surface area contributed by atoms with Crippen LogP contribution in [0.25, 0.3) is 22.3 Å². The van der Waals surface area contributed by atoms with Gasteiger partial charge >= 0.3 is 0 Å². The number of para-hydroxylation sites is 1. The van der Waals surface area contributed by atoms with E-state index in [9.17, 15) is 4.79 Å². The van der Waals surface area contributed by atoms with Crippen molar-refractivity contribution in [1.29, 1.82) is 0 Å². The number of hydrogen-bond donors (Lipinski definition) is 0. The number of hydrogen-bond acceptors (Lipinski definition) is 4. The highest BCUT2D eigenvalue weighted by molar-refractivity contribution is 6.33. The lowest BCUT2D eigenvalue weighted by molar-refractivity contribution is -0.129. The van der Waals surface area contributed by atoms with Gasteiger partial charge in [-0.1, -0.05) is 35.9 Å². The SMILES string of the molecule is CN1CCN(c2nc(-c3ccccc3Cl)nc3ccccc23)CC1=O. The van der Waals surface area contributed by atoms with E-state index in [1.54, 1.807) is 4.90 Å². The van der Waals surface area contributed by atoms with Crippen LogP contribution in [-0.2, 0) is 4.79 Å². The first-order chi connectivity index (χ1) is 12.1. The highest BCUT2D eigenvalue weighted by atomic mass is 35.5. The molecular weight excluding hydrogens is 336 g/mol. The number of halogens is 1. The zero-order valence-corrected chi connectivity index (χ0v) is 14.6. The van der Waals surface area contributed by atoms with Crippen LogP contribution in [0.1, 0.15) is 0 Å². The minimum absolute atomic E-state index is 0.0910. The number of aromatic nitrogens is 2. The van der Waals surface area contributed by atoms with Gasteiger partial charge in [-0.3, -0.25) is 4.79 Å². The fourth-order valence-corrected chi connectivity index (χ4v) is 3.22. The standard InChI is InChI=1S/C19H17ClN4O/c1-23-10-11-24(12-17(23)25)19-14-7-3-5-9-16(14)21-18(22-19)13-6-2-4-8-15(13)20/h2-9H,10-12H2,1H3. The van der Waals surface area contributed by atoms with Crippen LogP contribution in [0.5, 0.6) is 0 Å². The van der Waals surface area contributed by atoms with Gasteiger partial charge in [0.2, 0.25) is 5.91 Å². The fourth-order valence-electron chi connectivity index (χ4n) is 3.00. The summed E-state index contributed by atoms with van der Waals surface area (Å²) in [6.07, 6.45) is 0. The monoisotopic (exact) mass is 352 g/mol. The third-order valence-electron chi connectivity index (χ3n) is 4.45. The van der Waals surface area contributed by atoms with Crippen molar-refractivity contribution >= 4 is 34.2 Å². The largest absolute Gasteiger partial charge is 0.345 e. The normalized spacial score (nSPS) is 15.0. The summed E-state index contributed by atoms with van der Waals surface area (Å²) in [5, 5.41) is 1.55. The first-order valence-corrected chi connectivity index (χ1v) is 8.52. The molecule has 0 spiro atoms. The zero-order chi connectivity index (χ0) is 17.4. The average Bonchev–Trinajstić information content (AvgIpc) is 2.63. The Morgan fingerprint density at radius 1 is 1.00 bits per heavy atom. The van der Waals surface area contributed by atoms with Crippen LogP contribution in [0.15, 0.2) is 48.5 Å². The number of carbonyl (C=O) groups excluding carboxylic acids is 1. The van der Waals surface area contributed by atoms with Crippen molar-refractivity contribution in [2.45, 2.75) is 0 Å². The topological polar surface area (TPSA) is 49.3 Å². The molecule has 1 amide bonds. The van der Waals surface area contributed by atoms with Gasteiger partial charge in [0.25, 0.3) is 0 Å². The maximum Gasteiger partial charge on any atom is 0.241 e. The van der Waals surface area contributed by atoms with Crippen LogP contribution in [0.2, 0.25) is 5.02 Å². The maximum atomic E-state index is 12.1. The number of benzene rings is 2. The van der Waals surface area contributed by atoms with E-state index in [-0.39, 0.29) is 5.91 Å². The van der Waals surface area contributed by atoms with Crippen molar-refractivity contribution in [2.75, 3.05) is 31.6 Å².